The second-order valence-corrected chi connectivity index (χ2v) is 4.83. The third-order valence-electron chi connectivity index (χ3n) is 2.79. The Bertz CT molecular complexity index is 381. The van der Waals surface area contributed by atoms with Crippen LogP contribution in [0.25, 0.3) is 0 Å². The first-order valence-corrected chi connectivity index (χ1v) is 6.33. The highest BCUT2D eigenvalue weighted by atomic mass is 79.9. The van der Waals surface area contributed by atoms with E-state index in [0.717, 1.165) is 30.4 Å². The fraction of sp³-hybridized carbons (Fsp3) is 0.417. The number of rotatable bonds is 2. The molecule has 2 rings (SSSR count). The van der Waals surface area contributed by atoms with E-state index in [1.807, 2.05) is 24.3 Å². The number of carbonyl (C=O) groups is 1. The van der Waals surface area contributed by atoms with E-state index < -0.39 is 0 Å². The van der Waals surface area contributed by atoms with E-state index in [1.165, 1.54) is 0 Å². The van der Waals surface area contributed by atoms with E-state index in [9.17, 15) is 4.79 Å². The Balaban J connectivity index is 0.00000144. The van der Waals surface area contributed by atoms with Crippen molar-refractivity contribution in [2.45, 2.75) is 18.9 Å². The molecular formula is C12H16BrClN2O. The van der Waals surface area contributed by atoms with Crippen LogP contribution in [0.1, 0.15) is 23.2 Å². The zero-order chi connectivity index (χ0) is 11.4. The SMILES string of the molecule is Cl.O=C(NC1CCNCC1)c1ccccc1Br. The highest BCUT2D eigenvalue weighted by Crippen LogP contribution is 2.16. The normalized spacial score (nSPS) is 16.1. The Morgan fingerprint density at radius 3 is 2.59 bits per heavy atom. The predicted molar refractivity (Wildman–Crippen MR) is 74.7 cm³/mol. The molecule has 1 fully saturated rings. The highest BCUT2D eigenvalue weighted by molar-refractivity contribution is 9.10. The Morgan fingerprint density at radius 2 is 1.94 bits per heavy atom. The third-order valence-corrected chi connectivity index (χ3v) is 3.48. The summed E-state index contributed by atoms with van der Waals surface area (Å²) in [6.45, 7) is 1.97. The summed E-state index contributed by atoms with van der Waals surface area (Å²) in [7, 11) is 0. The molecule has 1 aliphatic rings. The van der Waals surface area contributed by atoms with Crippen molar-refractivity contribution in [1.82, 2.24) is 10.6 Å². The van der Waals surface area contributed by atoms with Gasteiger partial charge in [-0.1, -0.05) is 12.1 Å². The number of nitrogens with one attached hydrogen (secondary N) is 2. The number of hydrogen-bond donors (Lipinski definition) is 2. The van der Waals surface area contributed by atoms with Crippen LogP contribution in [0.4, 0.5) is 0 Å². The molecule has 0 spiro atoms. The average Bonchev–Trinajstić information content (AvgIpc) is 2.31. The molecule has 17 heavy (non-hydrogen) atoms. The maximum absolute atomic E-state index is 12.0. The molecule has 2 N–H and O–H groups in total. The third kappa shape index (κ3) is 3.98. The molecule has 0 radical (unpaired) electrons. The van der Waals surface area contributed by atoms with Gasteiger partial charge in [0, 0.05) is 10.5 Å². The molecule has 1 amide bonds. The zero-order valence-corrected chi connectivity index (χ0v) is 11.8. The lowest BCUT2D eigenvalue weighted by atomic mass is 10.1. The van der Waals surface area contributed by atoms with Gasteiger partial charge in [-0.25, -0.2) is 0 Å². The van der Waals surface area contributed by atoms with Gasteiger partial charge < -0.3 is 10.6 Å². The lowest BCUT2D eigenvalue weighted by Gasteiger charge is -2.23. The summed E-state index contributed by atoms with van der Waals surface area (Å²) in [5, 5.41) is 6.35. The van der Waals surface area contributed by atoms with Crippen molar-refractivity contribution in [3.8, 4) is 0 Å². The van der Waals surface area contributed by atoms with E-state index >= 15 is 0 Å². The van der Waals surface area contributed by atoms with E-state index in [1.54, 1.807) is 0 Å². The van der Waals surface area contributed by atoms with Gasteiger partial charge in [0.25, 0.3) is 5.91 Å². The van der Waals surface area contributed by atoms with Gasteiger partial charge in [0.2, 0.25) is 0 Å². The molecule has 1 aromatic carbocycles. The van der Waals surface area contributed by atoms with Crippen LogP contribution in [0.2, 0.25) is 0 Å². The Morgan fingerprint density at radius 1 is 1.29 bits per heavy atom. The van der Waals surface area contributed by atoms with Crippen molar-refractivity contribution in [2.24, 2.45) is 0 Å². The molecule has 0 bridgehead atoms. The van der Waals surface area contributed by atoms with Crippen LogP contribution >= 0.6 is 28.3 Å². The average molecular weight is 320 g/mol. The van der Waals surface area contributed by atoms with Crippen LogP contribution in [0.5, 0.6) is 0 Å². The molecule has 0 aliphatic carbocycles. The minimum Gasteiger partial charge on any atom is -0.349 e. The first-order chi connectivity index (χ1) is 7.77. The van der Waals surface area contributed by atoms with E-state index in [0.29, 0.717) is 11.6 Å². The molecule has 3 nitrogen and oxygen atoms in total. The van der Waals surface area contributed by atoms with Crippen molar-refractivity contribution in [3.63, 3.8) is 0 Å². The molecule has 1 heterocycles. The van der Waals surface area contributed by atoms with Gasteiger partial charge in [0.15, 0.2) is 0 Å². The second kappa shape index (κ2) is 6.99. The van der Waals surface area contributed by atoms with Crippen molar-refractivity contribution < 1.29 is 4.79 Å². The fourth-order valence-electron chi connectivity index (χ4n) is 1.87. The topological polar surface area (TPSA) is 41.1 Å². The molecule has 0 unspecified atom stereocenters. The van der Waals surface area contributed by atoms with Crippen LogP contribution in [0.15, 0.2) is 28.7 Å². The number of amides is 1. The maximum atomic E-state index is 12.0. The minimum absolute atomic E-state index is 0. The zero-order valence-electron chi connectivity index (χ0n) is 9.41. The lowest BCUT2D eigenvalue weighted by molar-refractivity contribution is 0.0929. The van der Waals surface area contributed by atoms with Gasteiger partial charge in [0.05, 0.1) is 5.56 Å². The molecule has 0 atom stereocenters. The summed E-state index contributed by atoms with van der Waals surface area (Å²) >= 11 is 3.39. The van der Waals surface area contributed by atoms with Gasteiger partial charge >= 0.3 is 0 Å². The summed E-state index contributed by atoms with van der Waals surface area (Å²) in [6, 6.07) is 7.81. The van der Waals surface area contributed by atoms with E-state index in [4.69, 9.17) is 0 Å². The molecule has 1 aromatic rings. The summed E-state index contributed by atoms with van der Waals surface area (Å²) in [6.07, 6.45) is 2.02. The van der Waals surface area contributed by atoms with Gasteiger partial charge in [-0.2, -0.15) is 0 Å². The summed E-state index contributed by atoms with van der Waals surface area (Å²) in [4.78, 5) is 12.0. The van der Waals surface area contributed by atoms with Gasteiger partial charge in [-0.3, -0.25) is 4.79 Å². The minimum atomic E-state index is 0. The quantitative estimate of drug-likeness (QED) is 0.878. The summed E-state index contributed by atoms with van der Waals surface area (Å²) < 4.78 is 0.849. The molecular weight excluding hydrogens is 304 g/mol. The smallest absolute Gasteiger partial charge is 0.252 e. The highest BCUT2D eigenvalue weighted by Gasteiger charge is 2.17. The number of benzene rings is 1. The van der Waals surface area contributed by atoms with Crippen LogP contribution < -0.4 is 10.6 Å². The van der Waals surface area contributed by atoms with Crippen molar-refractivity contribution in [2.75, 3.05) is 13.1 Å². The summed E-state index contributed by atoms with van der Waals surface area (Å²) in [5.74, 6) is 0.0133. The van der Waals surface area contributed by atoms with Crippen LogP contribution in [-0.4, -0.2) is 25.0 Å². The lowest BCUT2D eigenvalue weighted by Crippen LogP contribution is -2.42. The second-order valence-electron chi connectivity index (χ2n) is 3.98. The van der Waals surface area contributed by atoms with E-state index in [-0.39, 0.29) is 18.3 Å². The number of hydrogen-bond acceptors (Lipinski definition) is 2. The Kier molecular flexibility index (Phi) is 5.95. The first kappa shape index (κ1) is 14.5. The monoisotopic (exact) mass is 318 g/mol. The standard InChI is InChI=1S/C12H15BrN2O.ClH/c13-11-4-2-1-3-10(11)12(16)15-9-5-7-14-8-6-9;/h1-4,9,14H,5-8H2,(H,15,16);1H. The van der Waals surface area contributed by atoms with Crippen LogP contribution in [-0.2, 0) is 0 Å². The maximum Gasteiger partial charge on any atom is 0.252 e. The van der Waals surface area contributed by atoms with Crippen LogP contribution in [0, 0.1) is 0 Å². The molecule has 94 valence electrons. The van der Waals surface area contributed by atoms with Gasteiger partial charge in [-0.15, -0.1) is 12.4 Å². The molecule has 5 heteroatoms. The van der Waals surface area contributed by atoms with Crippen molar-refractivity contribution >= 4 is 34.2 Å². The Hall–Kier alpha value is -0.580. The van der Waals surface area contributed by atoms with E-state index in [2.05, 4.69) is 26.6 Å². The van der Waals surface area contributed by atoms with Crippen LogP contribution in [0.3, 0.4) is 0 Å². The van der Waals surface area contributed by atoms with Gasteiger partial charge in [-0.05, 0) is 54.0 Å². The largest absolute Gasteiger partial charge is 0.349 e. The molecule has 1 saturated heterocycles. The fourth-order valence-corrected chi connectivity index (χ4v) is 2.34. The molecule has 0 saturated carbocycles. The number of carbonyl (C=O) groups excluding carboxylic acids is 1. The Labute approximate surface area is 116 Å². The van der Waals surface area contributed by atoms with Gasteiger partial charge in [0.1, 0.15) is 0 Å². The van der Waals surface area contributed by atoms with Crippen molar-refractivity contribution in [1.29, 1.82) is 0 Å². The predicted octanol–water partition coefficient (Wildman–Crippen LogP) is 2.35. The van der Waals surface area contributed by atoms with Crippen molar-refractivity contribution in [3.05, 3.63) is 34.3 Å². The first-order valence-electron chi connectivity index (χ1n) is 5.53. The number of piperidine rings is 1. The number of halogens is 2. The molecule has 0 aromatic heterocycles. The molecule has 1 aliphatic heterocycles. The summed E-state index contributed by atoms with van der Waals surface area (Å²) in [5.41, 5.74) is 0.709.